The van der Waals surface area contributed by atoms with Crippen molar-refractivity contribution in [3.8, 4) is 0 Å². The number of hydrogen-bond donors (Lipinski definition) is 2. The Labute approximate surface area is 131 Å². The van der Waals surface area contributed by atoms with Gasteiger partial charge in [-0.3, -0.25) is 9.59 Å². The van der Waals surface area contributed by atoms with Crippen LogP contribution in [0.25, 0.3) is 0 Å². The van der Waals surface area contributed by atoms with Gasteiger partial charge in [0.05, 0.1) is 12.0 Å². The lowest BCUT2D eigenvalue weighted by Gasteiger charge is -2.05. The summed E-state index contributed by atoms with van der Waals surface area (Å²) in [6, 6.07) is 7.06. The van der Waals surface area contributed by atoms with Crippen molar-refractivity contribution in [1.82, 2.24) is 0 Å². The summed E-state index contributed by atoms with van der Waals surface area (Å²) in [4.78, 5) is 24.5. The summed E-state index contributed by atoms with van der Waals surface area (Å²) in [6.07, 6.45) is 0.214. The van der Waals surface area contributed by atoms with E-state index in [2.05, 4.69) is 5.32 Å². The van der Waals surface area contributed by atoms with E-state index in [1.807, 2.05) is 13.8 Å². The number of nitrogens with one attached hydrogen (secondary N) is 1. The fraction of sp³-hybridized carbons (Fsp3) is 0.200. The Bertz CT molecular complexity index is 692. The van der Waals surface area contributed by atoms with Crippen molar-refractivity contribution < 1.29 is 9.59 Å². The molecule has 2 rings (SSSR count). The molecule has 2 amide bonds. The van der Waals surface area contributed by atoms with Crippen molar-refractivity contribution in [2.24, 2.45) is 5.73 Å². The summed E-state index contributed by atoms with van der Waals surface area (Å²) >= 11 is 7.16. The van der Waals surface area contributed by atoms with Crippen molar-refractivity contribution >= 4 is 39.8 Å². The third-order valence-electron chi connectivity index (χ3n) is 3.16. The molecule has 0 bridgehead atoms. The lowest BCUT2D eigenvalue weighted by Crippen LogP contribution is -2.18. The Hall–Kier alpha value is -1.85. The molecule has 1 aromatic carbocycles. The van der Waals surface area contributed by atoms with Gasteiger partial charge in [-0.05, 0) is 37.1 Å². The average Bonchev–Trinajstić information content (AvgIpc) is 2.67. The van der Waals surface area contributed by atoms with E-state index in [0.29, 0.717) is 15.6 Å². The first-order chi connectivity index (χ1) is 9.88. The first-order valence-corrected chi connectivity index (χ1v) is 7.52. The minimum Gasteiger partial charge on any atom is -0.365 e. The van der Waals surface area contributed by atoms with Crippen LogP contribution in [0.5, 0.6) is 0 Å². The molecule has 0 aliphatic rings. The molecule has 21 heavy (non-hydrogen) atoms. The van der Waals surface area contributed by atoms with Gasteiger partial charge in [-0.15, -0.1) is 11.3 Å². The van der Waals surface area contributed by atoms with Gasteiger partial charge in [-0.2, -0.15) is 0 Å². The molecule has 0 aliphatic carbocycles. The van der Waals surface area contributed by atoms with Crippen molar-refractivity contribution in [1.29, 1.82) is 0 Å². The number of carbonyl (C=O) groups excluding carboxylic acids is 2. The number of rotatable bonds is 4. The molecule has 0 radical (unpaired) electrons. The van der Waals surface area contributed by atoms with Gasteiger partial charge in [0, 0.05) is 9.90 Å². The molecule has 1 aromatic heterocycles. The SMILES string of the molecule is Cc1sc(NC(=O)Cc2ccc(Cl)cc2)c(C(N)=O)c1C. The zero-order valence-corrected chi connectivity index (χ0v) is 13.3. The molecule has 1 heterocycles. The number of hydrogen-bond acceptors (Lipinski definition) is 3. The Balaban J connectivity index is 2.15. The predicted molar refractivity (Wildman–Crippen MR) is 86.1 cm³/mol. The van der Waals surface area contributed by atoms with Crippen LogP contribution in [-0.4, -0.2) is 11.8 Å². The van der Waals surface area contributed by atoms with Crippen molar-refractivity contribution in [2.45, 2.75) is 20.3 Å². The molecule has 110 valence electrons. The van der Waals surface area contributed by atoms with E-state index in [-0.39, 0.29) is 12.3 Å². The first kappa shape index (κ1) is 15.5. The van der Waals surface area contributed by atoms with Crippen LogP contribution < -0.4 is 11.1 Å². The van der Waals surface area contributed by atoms with Gasteiger partial charge in [0.2, 0.25) is 5.91 Å². The minimum absolute atomic E-state index is 0.193. The van der Waals surface area contributed by atoms with Crippen LogP contribution in [-0.2, 0) is 11.2 Å². The van der Waals surface area contributed by atoms with Crippen LogP contribution in [0.3, 0.4) is 0 Å². The van der Waals surface area contributed by atoms with E-state index < -0.39 is 5.91 Å². The predicted octanol–water partition coefficient (Wildman–Crippen LogP) is 3.30. The molecule has 0 unspecified atom stereocenters. The summed E-state index contributed by atoms with van der Waals surface area (Å²) in [5, 5.41) is 3.90. The van der Waals surface area contributed by atoms with Gasteiger partial charge < -0.3 is 11.1 Å². The molecule has 4 nitrogen and oxygen atoms in total. The molecule has 6 heteroatoms. The third kappa shape index (κ3) is 3.62. The highest BCUT2D eigenvalue weighted by molar-refractivity contribution is 7.16. The maximum absolute atomic E-state index is 12.1. The average molecular weight is 323 g/mol. The molecular formula is C15H15ClN2O2S. The highest BCUT2D eigenvalue weighted by Gasteiger charge is 2.18. The second-order valence-corrected chi connectivity index (χ2v) is 6.36. The molecular weight excluding hydrogens is 308 g/mol. The van der Waals surface area contributed by atoms with Crippen molar-refractivity contribution in [3.05, 3.63) is 50.9 Å². The Morgan fingerprint density at radius 2 is 1.86 bits per heavy atom. The van der Waals surface area contributed by atoms with Gasteiger partial charge in [0.15, 0.2) is 0 Å². The monoisotopic (exact) mass is 322 g/mol. The topological polar surface area (TPSA) is 72.2 Å². The summed E-state index contributed by atoms with van der Waals surface area (Å²) < 4.78 is 0. The summed E-state index contributed by atoms with van der Waals surface area (Å²) in [7, 11) is 0. The van der Waals surface area contributed by atoms with Gasteiger partial charge in [0.25, 0.3) is 5.91 Å². The molecule has 3 N–H and O–H groups in total. The smallest absolute Gasteiger partial charge is 0.251 e. The van der Waals surface area contributed by atoms with Gasteiger partial charge >= 0.3 is 0 Å². The quantitative estimate of drug-likeness (QED) is 0.906. The van der Waals surface area contributed by atoms with Crippen LogP contribution in [0, 0.1) is 13.8 Å². The molecule has 2 aromatic rings. The maximum atomic E-state index is 12.1. The molecule has 0 saturated heterocycles. The lowest BCUT2D eigenvalue weighted by atomic mass is 10.1. The molecule has 0 fully saturated rings. The Morgan fingerprint density at radius 1 is 1.24 bits per heavy atom. The highest BCUT2D eigenvalue weighted by Crippen LogP contribution is 2.32. The van der Waals surface area contributed by atoms with Crippen LogP contribution in [0.2, 0.25) is 5.02 Å². The fourth-order valence-electron chi connectivity index (χ4n) is 1.97. The van der Waals surface area contributed by atoms with Gasteiger partial charge in [-0.1, -0.05) is 23.7 Å². The zero-order valence-electron chi connectivity index (χ0n) is 11.7. The van der Waals surface area contributed by atoms with E-state index in [1.165, 1.54) is 11.3 Å². The largest absolute Gasteiger partial charge is 0.365 e. The maximum Gasteiger partial charge on any atom is 0.251 e. The minimum atomic E-state index is -0.529. The van der Waals surface area contributed by atoms with E-state index >= 15 is 0 Å². The van der Waals surface area contributed by atoms with Gasteiger partial charge in [-0.25, -0.2) is 0 Å². The molecule has 0 spiro atoms. The number of thiophene rings is 1. The van der Waals surface area contributed by atoms with E-state index in [0.717, 1.165) is 16.0 Å². The number of halogens is 1. The van der Waals surface area contributed by atoms with E-state index in [9.17, 15) is 9.59 Å². The number of amides is 2. The van der Waals surface area contributed by atoms with Crippen molar-refractivity contribution in [3.63, 3.8) is 0 Å². The van der Waals surface area contributed by atoms with Crippen LogP contribution in [0.4, 0.5) is 5.00 Å². The van der Waals surface area contributed by atoms with Crippen LogP contribution in [0.15, 0.2) is 24.3 Å². The van der Waals surface area contributed by atoms with E-state index in [4.69, 9.17) is 17.3 Å². The number of carbonyl (C=O) groups is 2. The second-order valence-electron chi connectivity index (χ2n) is 4.70. The van der Waals surface area contributed by atoms with E-state index in [1.54, 1.807) is 24.3 Å². The lowest BCUT2D eigenvalue weighted by molar-refractivity contribution is -0.115. The normalized spacial score (nSPS) is 10.4. The van der Waals surface area contributed by atoms with Crippen molar-refractivity contribution in [2.75, 3.05) is 5.32 Å². The van der Waals surface area contributed by atoms with Crippen LogP contribution in [0.1, 0.15) is 26.4 Å². The van der Waals surface area contributed by atoms with Crippen LogP contribution >= 0.6 is 22.9 Å². The Morgan fingerprint density at radius 3 is 2.43 bits per heavy atom. The van der Waals surface area contributed by atoms with Gasteiger partial charge in [0.1, 0.15) is 5.00 Å². The summed E-state index contributed by atoms with van der Waals surface area (Å²) in [5.74, 6) is -0.722. The fourth-order valence-corrected chi connectivity index (χ4v) is 3.18. The first-order valence-electron chi connectivity index (χ1n) is 6.32. The standard InChI is InChI=1S/C15H15ClN2O2S/c1-8-9(2)21-15(13(8)14(17)20)18-12(19)7-10-3-5-11(16)6-4-10/h3-6H,7H2,1-2H3,(H2,17,20)(H,18,19). The molecule has 0 atom stereocenters. The molecule has 0 saturated carbocycles. The number of anilines is 1. The third-order valence-corrected chi connectivity index (χ3v) is 4.54. The highest BCUT2D eigenvalue weighted by atomic mass is 35.5. The zero-order chi connectivity index (χ0) is 15.6. The Kier molecular flexibility index (Phi) is 4.65. The number of aryl methyl sites for hydroxylation is 1. The number of nitrogens with two attached hydrogens (primary N) is 1. The summed E-state index contributed by atoms with van der Waals surface area (Å²) in [5.41, 5.74) is 7.43. The molecule has 0 aliphatic heterocycles. The summed E-state index contributed by atoms with van der Waals surface area (Å²) in [6.45, 7) is 3.71. The number of primary amides is 1. The second kappa shape index (κ2) is 6.28. The number of benzene rings is 1.